The van der Waals surface area contributed by atoms with Crippen LogP contribution in [0.1, 0.15) is 13.8 Å². The molecule has 1 amide bonds. The third-order valence-corrected chi connectivity index (χ3v) is 1.10. The fraction of sp³-hybridized carbons (Fsp3) is 0.857. The van der Waals surface area contributed by atoms with Crippen molar-refractivity contribution in [2.24, 2.45) is 0 Å². The molecule has 0 rings (SSSR count). The molecular weight excluding hydrogens is 203 g/mol. The molecule has 0 bridgehead atoms. The number of amides is 1. The Bertz CT molecular complexity index is 197. The highest BCUT2D eigenvalue weighted by atomic mass is 19.4. The number of hydrogen-bond acceptors (Lipinski definition) is 3. The number of ether oxygens (including phenoxy) is 1. The number of hydrogen-bond donors (Lipinski definition) is 2. The van der Waals surface area contributed by atoms with E-state index in [1.54, 1.807) is 5.32 Å². The first kappa shape index (κ1) is 13.2. The summed E-state index contributed by atoms with van der Waals surface area (Å²) in [6, 6.07) is 0. The molecule has 84 valence electrons. The fourth-order valence-corrected chi connectivity index (χ4v) is 0.566. The second-order valence-corrected chi connectivity index (χ2v) is 3.05. The lowest BCUT2D eigenvalue weighted by atomic mass is 10.4. The number of rotatable bonds is 4. The lowest BCUT2D eigenvalue weighted by Gasteiger charge is -2.18. The van der Waals surface area contributed by atoms with Gasteiger partial charge in [-0.15, -0.1) is 0 Å². The van der Waals surface area contributed by atoms with Crippen molar-refractivity contribution in [3.63, 3.8) is 0 Å². The van der Waals surface area contributed by atoms with Gasteiger partial charge in [0.2, 0.25) is 0 Å². The van der Waals surface area contributed by atoms with Gasteiger partial charge in [0.25, 0.3) is 0 Å². The van der Waals surface area contributed by atoms with Crippen molar-refractivity contribution in [2.45, 2.75) is 25.8 Å². The van der Waals surface area contributed by atoms with Gasteiger partial charge in [-0.05, 0) is 13.8 Å². The van der Waals surface area contributed by atoms with Crippen LogP contribution in [-0.2, 0) is 9.53 Å². The molecule has 14 heavy (non-hydrogen) atoms. The summed E-state index contributed by atoms with van der Waals surface area (Å²) < 4.78 is 39.5. The highest BCUT2D eigenvalue weighted by Crippen LogP contribution is 2.13. The number of carbonyl (C=O) groups is 1. The summed E-state index contributed by atoms with van der Waals surface area (Å²) >= 11 is 0. The average molecular weight is 215 g/mol. The van der Waals surface area contributed by atoms with Crippen LogP contribution >= 0.6 is 0 Å². The quantitative estimate of drug-likeness (QED) is 0.527. The Morgan fingerprint density at radius 2 is 1.93 bits per heavy atom. The Labute approximate surface area is 79.0 Å². The molecule has 0 aliphatic rings. The molecular formula is C7H12F3NO3. The number of nitrogens with one attached hydrogen (secondary N) is 1. The van der Waals surface area contributed by atoms with E-state index in [1.807, 2.05) is 0 Å². The molecule has 4 nitrogen and oxygen atoms in total. The molecule has 0 saturated carbocycles. The van der Waals surface area contributed by atoms with Crippen LogP contribution in [0, 0.1) is 0 Å². The maximum Gasteiger partial charge on any atom is 0.471 e. The van der Waals surface area contributed by atoms with Gasteiger partial charge in [-0.25, -0.2) is 0 Å². The van der Waals surface area contributed by atoms with E-state index in [0.717, 1.165) is 0 Å². The molecule has 0 spiro atoms. The van der Waals surface area contributed by atoms with Crippen molar-refractivity contribution in [3.05, 3.63) is 0 Å². The SMILES string of the molecule is CC(C)(O)OCCNC(=O)C(F)(F)F. The van der Waals surface area contributed by atoms with Gasteiger partial charge >= 0.3 is 12.1 Å². The fourth-order valence-electron chi connectivity index (χ4n) is 0.566. The van der Waals surface area contributed by atoms with Crippen molar-refractivity contribution in [1.29, 1.82) is 0 Å². The van der Waals surface area contributed by atoms with E-state index in [4.69, 9.17) is 5.11 Å². The third kappa shape index (κ3) is 6.67. The average Bonchev–Trinajstić information content (AvgIpc) is 1.93. The molecule has 0 aliphatic heterocycles. The molecule has 0 aromatic carbocycles. The molecule has 0 aromatic heterocycles. The number of carbonyl (C=O) groups excluding carboxylic acids is 1. The molecule has 2 N–H and O–H groups in total. The van der Waals surface area contributed by atoms with Crippen molar-refractivity contribution < 1.29 is 27.8 Å². The van der Waals surface area contributed by atoms with Crippen LogP contribution < -0.4 is 5.32 Å². The van der Waals surface area contributed by atoms with E-state index in [1.165, 1.54) is 13.8 Å². The van der Waals surface area contributed by atoms with Crippen molar-refractivity contribution >= 4 is 5.91 Å². The minimum absolute atomic E-state index is 0.189. The monoisotopic (exact) mass is 215 g/mol. The molecule has 0 fully saturated rings. The maximum absolute atomic E-state index is 11.6. The van der Waals surface area contributed by atoms with Crippen LogP contribution in [0.15, 0.2) is 0 Å². The van der Waals surface area contributed by atoms with Gasteiger partial charge < -0.3 is 15.2 Å². The summed E-state index contributed by atoms with van der Waals surface area (Å²) in [4.78, 5) is 10.2. The van der Waals surface area contributed by atoms with Crippen LogP contribution in [0.4, 0.5) is 13.2 Å². The van der Waals surface area contributed by atoms with Crippen molar-refractivity contribution in [1.82, 2.24) is 5.32 Å². The van der Waals surface area contributed by atoms with Crippen molar-refractivity contribution in [3.8, 4) is 0 Å². The summed E-state index contributed by atoms with van der Waals surface area (Å²) in [5.41, 5.74) is 0. The van der Waals surface area contributed by atoms with E-state index in [-0.39, 0.29) is 13.2 Å². The summed E-state index contributed by atoms with van der Waals surface area (Å²) in [7, 11) is 0. The van der Waals surface area contributed by atoms with Gasteiger partial charge in [-0.1, -0.05) is 0 Å². The zero-order valence-corrected chi connectivity index (χ0v) is 7.81. The van der Waals surface area contributed by atoms with Crippen LogP contribution in [-0.4, -0.2) is 36.1 Å². The summed E-state index contributed by atoms with van der Waals surface area (Å²) in [5, 5.41) is 10.6. The molecule has 0 saturated heterocycles. The smallest absolute Gasteiger partial charge is 0.366 e. The highest BCUT2D eigenvalue weighted by Gasteiger charge is 2.38. The topological polar surface area (TPSA) is 58.6 Å². The second kappa shape index (κ2) is 4.61. The Morgan fingerprint density at radius 3 is 2.29 bits per heavy atom. The molecule has 0 unspecified atom stereocenters. The van der Waals surface area contributed by atoms with E-state index < -0.39 is 17.9 Å². The molecule has 0 heterocycles. The predicted molar refractivity (Wildman–Crippen MR) is 41.3 cm³/mol. The third-order valence-electron chi connectivity index (χ3n) is 1.10. The lowest BCUT2D eigenvalue weighted by Crippen LogP contribution is -2.39. The van der Waals surface area contributed by atoms with Gasteiger partial charge in [-0.2, -0.15) is 13.2 Å². The van der Waals surface area contributed by atoms with Crippen molar-refractivity contribution in [2.75, 3.05) is 13.2 Å². The summed E-state index contributed by atoms with van der Waals surface area (Å²) in [6.45, 7) is 2.17. The van der Waals surface area contributed by atoms with E-state index in [2.05, 4.69) is 4.74 Å². The van der Waals surface area contributed by atoms with E-state index >= 15 is 0 Å². The minimum Gasteiger partial charge on any atom is -0.366 e. The highest BCUT2D eigenvalue weighted by molar-refractivity contribution is 5.81. The van der Waals surface area contributed by atoms with Gasteiger partial charge in [0, 0.05) is 6.54 Å². The molecule has 0 aliphatic carbocycles. The Morgan fingerprint density at radius 1 is 1.43 bits per heavy atom. The second-order valence-electron chi connectivity index (χ2n) is 3.05. The van der Waals surface area contributed by atoms with Crippen LogP contribution in [0.2, 0.25) is 0 Å². The number of alkyl halides is 3. The first-order valence-corrected chi connectivity index (χ1v) is 3.84. The van der Waals surface area contributed by atoms with Gasteiger partial charge in [0.1, 0.15) is 0 Å². The standard InChI is InChI=1S/C7H12F3NO3/c1-6(2,13)14-4-3-11-5(12)7(8,9)10/h13H,3-4H2,1-2H3,(H,11,12). The van der Waals surface area contributed by atoms with Crippen LogP contribution in [0.25, 0.3) is 0 Å². The van der Waals surface area contributed by atoms with Crippen LogP contribution in [0.5, 0.6) is 0 Å². The summed E-state index contributed by atoms with van der Waals surface area (Å²) in [6.07, 6.45) is -4.88. The van der Waals surface area contributed by atoms with E-state index in [0.29, 0.717) is 0 Å². The maximum atomic E-state index is 11.6. The number of halogens is 3. The van der Waals surface area contributed by atoms with Gasteiger partial charge in [-0.3, -0.25) is 4.79 Å². The van der Waals surface area contributed by atoms with Gasteiger partial charge in [0.05, 0.1) is 6.61 Å². The Hall–Kier alpha value is -0.820. The lowest BCUT2D eigenvalue weighted by molar-refractivity contribution is -0.181. The molecule has 0 radical (unpaired) electrons. The van der Waals surface area contributed by atoms with Gasteiger partial charge in [0.15, 0.2) is 5.79 Å². The zero-order valence-electron chi connectivity index (χ0n) is 7.81. The molecule has 0 aromatic rings. The largest absolute Gasteiger partial charge is 0.471 e. The molecule has 7 heteroatoms. The Balaban J connectivity index is 3.62. The minimum atomic E-state index is -4.88. The van der Waals surface area contributed by atoms with E-state index in [9.17, 15) is 18.0 Å². The first-order chi connectivity index (χ1) is 6.13. The number of aliphatic hydroxyl groups is 1. The zero-order chi connectivity index (χ0) is 11.4. The Kier molecular flexibility index (Phi) is 4.34. The molecule has 0 atom stereocenters. The first-order valence-electron chi connectivity index (χ1n) is 3.84. The summed E-state index contributed by atoms with van der Waals surface area (Å²) in [5.74, 6) is -3.43. The predicted octanol–water partition coefficient (Wildman–Crippen LogP) is 0.410. The van der Waals surface area contributed by atoms with Crippen LogP contribution in [0.3, 0.4) is 0 Å². The normalized spacial score (nSPS) is 12.7.